The molecule has 0 aliphatic rings. The molecule has 0 unspecified atom stereocenters. The lowest BCUT2D eigenvalue weighted by Crippen LogP contribution is -2.63. The van der Waals surface area contributed by atoms with Gasteiger partial charge in [0.25, 0.3) is 8.32 Å². The van der Waals surface area contributed by atoms with E-state index in [1.54, 1.807) is 0 Å². The molecule has 0 aromatic heterocycles. The van der Waals surface area contributed by atoms with Gasteiger partial charge in [-0.2, -0.15) is 0 Å². The summed E-state index contributed by atoms with van der Waals surface area (Å²) in [6.45, 7) is 7.59. The fourth-order valence-electron chi connectivity index (χ4n) is 2.80. The van der Waals surface area contributed by atoms with Gasteiger partial charge in [-0.15, -0.1) is 0 Å². The molecule has 0 heterocycles. The van der Waals surface area contributed by atoms with Crippen molar-refractivity contribution in [1.82, 2.24) is 0 Å². The highest BCUT2D eigenvalue weighted by Crippen LogP contribution is 2.22. The molecule has 2 aromatic rings. The molecular weight excluding hydrogens is 260 g/mol. The van der Waals surface area contributed by atoms with Crippen molar-refractivity contribution in [2.75, 3.05) is 6.61 Å². The van der Waals surface area contributed by atoms with Crippen LogP contribution in [0.5, 0.6) is 0 Å². The average Bonchev–Trinajstić information content (AvgIpc) is 2.50. The third-order valence-corrected chi connectivity index (χ3v) is 8.42. The van der Waals surface area contributed by atoms with Gasteiger partial charge in [-0.25, -0.2) is 0 Å². The van der Waals surface area contributed by atoms with Crippen LogP contribution in [0.4, 0.5) is 0 Å². The molecule has 0 bridgehead atoms. The minimum Gasteiger partial charge on any atom is -0.408 e. The van der Waals surface area contributed by atoms with Gasteiger partial charge in [-0.1, -0.05) is 81.4 Å². The van der Waals surface area contributed by atoms with Gasteiger partial charge in [-0.3, -0.25) is 0 Å². The molecule has 2 rings (SSSR count). The third-order valence-electron chi connectivity index (χ3n) is 3.75. The Labute approximate surface area is 123 Å². The van der Waals surface area contributed by atoms with E-state index in [1.807, 2.05) is 0 Å². The average molecular weight is 284 g/mol. The monoisotopic (exact) mass is 284 g/mol. The first-order chi connectivity index (χ1) is 9.71. The molecule has 0 saturated heterocycles. The molecule has 0 saturated carbocycles. The minimum atomic E-state index is -2.15. The molecule has 2 aromatic carbocycles. The molecule has 0 fully saturated rings. The van der Waals surface area contributed by atoms with Gasteiger partial charge < -0.3 is 4.43 Å². The van der Waals surface area contributed by atoms with E-state index in [1.165, 1.54) is 10.4 Å². The van der Waals surface area contributed by atoms with Gasteiger partial charge in [0.1, 0.15) is 0 Å². The predicted molar refractivity (Wildman–Crippen MR) is 89.2 cm³/mol. The standard InChI is InChI=1S/C18H24OSi/c1-4-15-19-20(16(2)3,17-11-7-5-8-12-17)18-13-9-6-10-14-18/h5-14,16H,4,15H2,1-3H3. The molecule has 0 radical (unpaired) electrons. The van der Waals surface area contributed by atoms with E-state index < -0.39 is 8.32 Å². The van der Waals surface area contributed by atoms with Crippen molar-refractivity contribution in [3.05, 3.63) is 60.7 Å². The molecule has 20 heavy (non-hydrogen) atoms. The van der Waals surface area contributed by atoms with Crippen LogP contribution >= 0.6 is 0 Å². The smallest absolute Gasteiger partial charge is 0.258 e. The SMILES string of the molecule is CCCO[Si](c1ccccc1)(c1ccccc1)C(C)C. The van der Waals surface area contributed by atoms with Crippen LogP contribution in [0.3, 0.4) is 0 Å². The quantitative estimate of drug-likeness (QED) is 0.737. The fourth-order valence-corrected chi connectivity index (χ4v) is 7.04. The van der Waals surface area contributed by atoms with Crippen molar-refractivity contribution in [3.8, 4) is 0 Å². The molecule has 0 aliphatic carbocycles. The fraction of sp³-hybridized carbons (Fsp3) is 0.333. The summed E-state index contributed by atoms with van der Waals surface area (Å²) in [6, 6.07) is 21.6. The molecule has 0 aliphatic heterocycles. The van der Waals surface area contributed by atoms with Crippen LogP contribution in [0.15, 0.2) is 60.7 Å². The van der Waals surface area contributed by atoms with Crippen molar-refractivity contribution in [3.63, 3.8) is 0 Å². The minimum absolute atomic E-state index is 0.499. The van der Waals surface area contributed by atoms with Crippen molar-refractivity contribution in [2.24, 2.45) is 0 Å². The normalized spacial score (nSPS) is 11.8. The second-order valence-electron chi connectivity index (χ2n) is 5.47. The van der Waals surface area contributed by atoms with Crippen LogP contribution in [-0.4, -0.2) is 14.9 Å². The molecule has 2 heteroatoms. The summed E-state index contributed by atoms with van der Waals surface area (Å²) in [5.41, 5.74) is 0.499. The number of hydrogen-bond acceptors (Lipinski definition) is 1. The molecule has 0 N–H and O–H groups in total. The van der Waals surface area contributed by atoms with Crippen LogP contribution < -0.4 is 10.4 Å². The van der Waals surface area contributed by atoms with Gasteiger partial charge in [0.15, 0.2) is 0 Å². The molecule has 0 amide bonds. The van der Waals surface area contributed by atoms with E-state index in [0.29, 0.717) is 5.54 Å². The zero-order valence-electron chi connectivity index (χ0n) is 12.7. The van der Waals surface area contributed by atoms with Crippen molar-refractivity contribution < 1.29 is 4.43 Å². The van der Waals surface area contributed by atoms with Crippen LogP contribution in [0.2, 0.25) is 5.54 Å². The molecule has 106 valence electrons. The van der Waals surface area contributed by atoms with Gasteiger partial charge in [-0.05, 0) is 22.3 Å². The first-order valence-corrected chi connectivity index (χ1v) is 9.45. The first kappa shape index (κ1) is 15.0. The van der Waals surface area contributed by atoms with E-state index in [9.17, 15) is 0 Å². The summed E-state index contributed by atoms with van der Waals surface area (Å²) in [6.07, 6.45) is 1.06. The Balaban J connectivity index is 2.57. The van der Waals surface area contributed by atoms with E-state index in [4.69, 9.17) is 4.43 Å². The van der Waals surface area contributed by atoms with E-state index >= 15 is 0 Å². The molecule has 0 spiro atoms. The molecule has 1 nitrogen and oxygen atoms in total. The van der Waals surface area contributed by atoms with E-state index in [0.717, 1.165) is 13.0 Å². The Morgan fingerprint density at radius 2 is 1.30 bits per heavy atom. The number of hydrogen-bond donors (Lipinski definition) is 0. The second kappa shape index (κ2) is 6.87. The maximum atomic E-state index is 6.55. The maximum absolute atomic E-state index is 6.55. The highest BCUT2D eigenvalue weighted by atomic mass is 28.4. The second-order valence-corrected chi connectivity index (χ2v) is 9.54. The molecule has 0 atom stereocenters. The van der Waals surface area contributed by atoms with Crippen molar-refractivity contribution >= 4 is 18.7 Å². The summed E-state index contributed by atoms with van der Waals surface area (Å²) >= 11 is 0. The Morgan fingerprint density at radius 1 is 0.850 bits per heavy atom. The van der Waals surface area contributed by atoms with Crippen molar-refractivity contribution in [1.29, 1.82) is 0 Å². The third kappa shape index (κ3) is 2.86. The summed E-state index contributed by atoms with van der Waals surface area (Å²) in [4.78, 5) is 0. The lowest BCUT2D eigenvalue weighted by molar-refractivity contribution is 0.310. The Morgan fingerprint density at radius 3 is 1.65 bits per heavy atom. The zero-order valence-corrected chi connectivity index (χ0v) is 13.7. The van der Waals surface area contributed by atoms with Gasteiger partial charge in [0.05, 0.1) is 0 Å². The largest absolute Gasteiger partial charge is 0.408 e. The van der Waals surface area contributed by atoms with Crippen LogP contribution in [0.25, 0.3) is 0 Å². The van der Waals surface area contributed by atoms with E-state index in [2.05, 4.69) is 81.4 Å². The Kier molecular flexibility index (Phi) is 5.15. The summed E-state index contributed by atoms with van der Waals surface area (Å²) < 4.78 is 6.55. The summed E-state index contributed by atoms with van der Waals surface area (Å²) in [5, 5.41) is 2.74. The summed E-state index contributed by atoms with van der Waals surface area (Å²) in [7, 11) is -2.15. The lowest BCUT2D eigenvalue weighted by atomic mass is 10.4. The van der Waals surface area contributed by atoms with Crippen molar-refractivity contribution in [2.45, 2.75) is 32.7 Å². The van der Waals surface area contributed by atoms with Gasteiger partial charge in [0, 0.05) is 6.61 Å². The first-order valence-electron chi connectivity index (χ1n) is 7.46. The maximum Gasteiger partial charge on any atom is 0.258 e. The topological polar surface area (TPSA) is 9.23 Å². The van der Waals surface area contributed by atoms with Gasteiger partial charge >= 0.3 is 0 Å². The molecular formula is C18H24OSi. The summed E-state index contributed by atoms with van der Waals surface area (Å²) in [5.74, 6) is 0. The predicted octanol–water partition coefficient (Wildman–Crippen LogP) is 3.58. The van der Waals surface area contributed by atoms with E-state index in [-0.39, 0.29) is 0 Å². The number of benzene rings is 2. The number of rotatable bonds is 6. The highest BCUT2D eigenvalue weighted by Gasteiger charge is 2.42. The zero-order chi connectivity index (χ0) is 14.4. The highest BCUT2D eigenvalue weighted by molar-refractivity contribution is 6.98. The lowest BCUT2D eigenvalue weighted by Gasteiger charge is -2.36. The van der Waals surface area contributed by atoms with Crippen LogP contribution in [-0.2, 0) is 4.43 Å². The Hall–Kier alpha value is -1.38. The van der Waals surface area contributed by atoms with Gasteiger partial charge in [0.2, 0.25) is 0 Å². The van der Waals surface area contributed by atoms with Crippen LogP contribution in [0, 0.1) is 0 Å². The Bertz CT molecular complexity index is 468. The van der Waals surface area contributed by atoms with Crippen LogP contribution in [0.1, 0.15) is 27.2 Å².